The largest absolute Gasteiger partial charge is 0.480 e. The topological polar surface area (TPSA) is 53.4 Å². The third kappa shape index (κ3) is 3.43. The summed E-state index contributed by atoms with van der Waals surface area (Å²) in [5.41, 5.74) is 2.76. The Morgan fingerprint density at radius 1 is 1.11 bits per heavy atom. The lowest BCUT2D eigenvalue weighted by atomic mass is 9.90. The molecule has 0 radical (unpaired) electrons. The molecule has 0 amide bonds. The van der Waals surface area contributed by atoms with Crippen LogP contribution in [-0.4, -0.2) is 33.5 Å². The van der Waals surface area contributed by atoms with E-state index in [9.17, 15) is 14.3 Å². The maximum Gasteiger partial charge on any atom is 0.320 e. The number of aromatic nitrogens is 1. The van der Waals surface area contributed by atoms with E-state index >= 15 is 0 Å². The Labute approximate surface area is 157 Å². The fourth-order valence-corrected chi connectivity index (χ4v) is 4.08. The zero-order valence-electron chi connectivity index (χ0n) is 14.9. The van der Waals surface area contributed by atoms with Gasteiger partial charge in [0.25, 0.3) is 0 Å². The lowest BCUT2D eigenvalue weighted by Gasteiger charge is -2.40. The van der Waals surface area contributed by atoms with Crippen LogP contribution in [0.2, 0.25) is 0 Å². The Kier molecular flexibility index (Phi) is 4.86. The molecule has 2 unspecified atom stereocenters. The second kappa shape index (κ2) is 7.45. The van der Waals surface area contributed by atoms with Crippen molar-refractivity contribution in [3.05, 3.63) is 77.7 Å². The molecule has 0 spiro atoms. The molecule has 5 heteroatoms. The SMILES string of the molecule is O=C(O)C1CCCCN1C(c1ccc(F)cc1)c1ccnc2ccccc12. The van der Waals surface area contributed by atoms with E-state index in [4.69, 9.17) is 0 Å². The molecule has 2 atom stereocenters. The summed E-state index contributed by atoms with van der Waals surface area (Å²) in [6.07, 6.45) is 4.23. The number of pyridine rings is 1. The number of rotatable bonds is 4. The van der Waals surface area contributed by atoms with E-state index in [-0.39, 0.29) is 11.9 Å². The van der Waals surface area contributed by atoms with E-state index in [0.29, 0.717) is 13.0 Å². The van der Waals surface area contributed by atoms with E-state index in [1.807, 2.05) is 35.2 Å². The van der Waals surface area contributed by atoms with Gasteiger partial charge in [-0.15, -0.1) is 0 Å². The molecular formula is C22H21FN2O2. The molecule has 4 rings (SSSR count). The zero-order valence-corrected chi connectivity index (χ0v) is 14.9. The number of nitrogens with zero attached hydrogens (tertiary/aromatic N) is 2. The van der Waals surface area contributed by atoms with Crippen LogP contribution in [0.5, 0.6) is 0 Å². The van der Waals surface area contributed by atoms with Crippen molar-refractivity contribution in [1.82, 2.24) is 9.88 Å². The molecule has 1 aliphatic heterocycles. The van der Waals surface area contributed by atoms with Crippen LogP contribution < -0.4 is 0 Å². The minimum absolute atomic E-state index is 0.264. The third-order valence-electron chi connectivity index (χ3n) is 5.32. The number of carbonyl (C=O) groups is 1. The summed E-state index contributed by atoms with van der Waals surface area (Å²) in [5.74, 6) is -1.11. The Morgan fingerprint density at radius 3 is 2.67 bits per heavy atom. The van der Waals surface area contributed by atoms with Gasteiger partial charge in [-0.1, -0.05) is 36.8 Å². The molecule has 0 aliphatic carbocycles. The van der Waals surface area contributed by atoms with Gasteiger partial charge in [0, 0.05) is 11.6 Å². The molecule has 4 nitrogen and oxygen atoms in total. The number of fused-ring (bicyclic) bond motifs is 1. The summed E-state index contributed by atoms with van der Waals surface area (Å²) in [6, 6.07) is 15.4. The Balaban J connectivity index is 1.90. The lowest BCUT2D eigenvalue weighted by Crippen LogP contribution is -2.46. The van der Waals surface area contributed by atoms with Gasteiger partial charge in [0.15, 0.2) is 0 Å². The van der Waals surface area contributed by atoms with Crippen molar-refractivity contribution in [2.75, 3.05) is 6.54 Å². The van der Waals surface area contributed by atoms with Crippen LogP contribution in [0.3, 0.4) is 0 Å². The number of benzene rings is 2. The van der Waals surface area contributed by atoms with Gasteiger partial charge in [-0.05, 0) is 54.8 Å². The molecule has 3 aromatic rings. The first-order valence-corrected chi connectivity index (χ1v) is 9.23. The predicted octanol–water partition coefficient (Wildman–Crippen LogP) is 4.40. The van der Waals surface area contributed by atoms with Crippen LogP contribution in [0, 0.1) is 5.82 Å². The van der Waals surface area contributed by atoms with Crippen molar-refractivity contribution < 1.29 is 14.3 Å². The van der Waals surface area contributed by atoms with Crippen molar-refractivity contribution in [3.8, 4) is 0 Å². The van der Waals surface area contributed by atoms with Gasteiger partial charge in [-0.3, -0.25) is 14.7 Å². The fourth-order valence-electron chi connectivity index (χ4n) is 4.08. The number of piperidine rings is 1. The molecular weight excluding hydrogens is 343 g/mol. The highest BCUT2D eigenvalue weighted by Gasteiger charge is 2.35. The van der Waals surface area contributed by atoms with Crippen molar-refractivity contribution in [2.45, 2.75) is 31.3 Å². The summed E-state index contributed by atoms with van der Waals surface area (Å²) in [7, 11) is 0. The molecule has 1 saturated heterocycles. The number of carboxylic acid groups (broad SMARTS) is 1. The highest BCUT2D eigenvalue weighted by atomic mass is 19.1. The maximum atomic E-state index is 13.5. The second-order valence-electron chi connectivity index (χ2n) is 6.96. The Hall–Kier alpha value is -2.79. The molecule has 0 bridgehead atoms. The number of para-hydroxylation sites is 1. The number of likely N-dealkylation sites (tertiary alicyclic amines) is 1. The van der Waals surface area contributed by atoms with Crippen molar-refractivity contribution in [3.63, 3.8) is 0 Å². The monoisotopic (exact) mass is 364 g/mol. The molecule has 27 heavy (non-hydrogen) atoms. The summed E-state index contributed by atoms with van der Waals surface area (Å²) < 4.78 is 13.5. The van der Waals surface area contributed by atoms with Crippen molar-refractivity contribution >= 4 is 16.9 Å². The average Bonchev–Trinajstić information content (AvgIpc) is 2.70. The van der Waals surface area contributed by atoms with Crippen molar-refractivity contribution in [1.29, 1.82) is 0 Å². The minimum atomic E-state index is -0.805. The van der Waals surface area contributed by atoms with Crippen LogP contribution in [-0.2, 0) is 4.79 Å². The van der Waals surface area contributed by atoms with Crippen LogP contribution in [0.25, 0.3) is 10.9 Å². The van der Waals surface area contributed by atoms with E-state index < -0.39 is 12.0 Å². The summed E-state index contributed by atoms with van der Waals surface area (Å²) in [4.78, 5) is 18.4. The van der Waals surface area contributed by atoms with Gasteiger partial charge in [-0.2, -0.15) is 0 Å². The van der Waals surface area contributed by atoms with Crippen LogP contribution in [0.4, 0.5) is 4.39 Å². The van der Waals surface area contributed by atoms with Gasteiger partial charge in [0.05, 0.1) is 11.6 Å². The van der Waals surface area contributed by atoms with Gasteiger partial charge in [0.2, 0.25) is 0 Å². The van der Waals surface area contributed by atoms with Gasteiger partial charge in [0.1, 0.15) is 11.9 Å². The van der Waals surface area contributed by atoms with E-state index in [0.717, 1.165) is 34.9 Å². The maximum absolute atomic E-state index is 13.5. The van der Waals surface area contributed by atoms with Crippen LogP contribution in [0.1, 0.15) is 36.4 Å². The van der Waals surface area contributed by atoms with Gasteiger partial charge < -0.3 is 5.11 Å². The number of halogens is 1. The smallest absolute Gasteiger partial charge is 0.320 e. The van der Waals surface area contributed by atoms with Gasteiger partial charge in [-0.25, -0.2) is 4.39 Å². The Bertz CT molecular complexity index is 953. The van der Waals surface area contributed by atoms with E-state index in [1.54, 1.807) is 18.3 Å². The highest BCUT2D eigenvalue weighted by Crippen LogP contribution is 2.37. The quantitative estimate of drug-likeness (QED) is 0.745. The summed E-state index contributed by atoms with van der Waals surface area (Å²) in [6.45, 7) is 0.690. The second-order valence-corrected chi connectivity index (χ2v) is 6.96. The first-order chi connectivity index (χ1) is 13.1. The number of hydrogen-bond acceptors (Lipinski definition) is 3. The zero-order chi connectivity index (χ0) is 18.8. The first kappa shape index (κ1) is 17.6. The van der Waals surface area contributed by atoms with E-state index in [1.165, 1.54) is 12.1 Å². The number of hydrogen-bond donors (Lipinski definition) is 1. The molecule has 0 saturated carbocycles. The standard InChI is InChI=1S/C22H21FN2O2/c23-16-10-8-15(9-11-16)21(25-14-4-3-7-20(25)22(26)27)18-12-13-24-19-6-2-1-5-17(18)19/h1-2,5-6,8-13,20-21H,3-4,7,14H2,(H,26,27). The molecule has 1 aliphatic rings. The molecule has 1 aromatic heterocycles. The molecule has 2 heterocycles. The molecule has 1 fully saturated rings. The van der Waals surface area contributed by atoms with Gasteiger partial charge >= 0.3 is 5.97 Å². The molecule has 2 aromatic carbocycles. The van der Waals surface area contributed by atoms with Crippen LogP contribution in [0.15, 0.2) is 60.8 Å². The lowest BCUT2D eigenvalue weighted by molar-refractivity contribution is -0.145. The highest BCUT2D eigenvalue weighted by molar-refractivity contribution is 5.83. The first-order valence-electron chi connectivity index (χ1n) is 9.23. The van der Waals surface area contributed by atoms with Crippen molar-refractivity contribution in [2.24, 2.45) is 0 Å². The summed E-state index contributed by atoms with van der Waals surface area (Å²) in [5, 5.41) is 10.8. The average molecular weight is 364 g/mol. The summed E-state index contributed by atoms with van der Waals surface area (Å²) >= 11 is 0. The van der Waals surface area contributed by atoms with Crippen LogP contribution >= 0.6 is 0 Å². The van der Waals surface area contributed by atoms with E-state index in [2.05, 4.69) is 4.98 Å². The normalized spacial score (nSPS) is 19.1. The number of carboxylic acids is 1. The number of aliphatic carboxylic acids is 1. The third-order valence-corrected chi connectivity index (χ3v) is 5.32. The molecule has 1 N–H and O–H groups in total. The molecule has 138 valence electrons. The fraction of sp³-hybridized carbons (Fsp3) is 0.273. The predicted molar refractivity (Wildman–Crippen MR) is 102 cm³/mol. The minimum Gasteiger partial charge on any atom is -0.480 e. The Morgan fingerprint density at radius 2 is 1.89 bits per heavy atom.